The van der Waals surface area contributed by atoms with Crippen LogP contribution in [0.4, 0.5) is 0 Å². The third kappa shape index (κ3) is 4.37. The molecule has 6 atom stereocenters. The fourth-order valence-electron chi connectivity index (χ4n) is 2.79. The summed E-state index contributed by atoms with van der Waals surface area (Å²) in [5, 5.41) is 39.4. The third-order valence-corrected chi connectivity index (χ3v) is 5.61. The Labute approximate surface area is 155 Å². The average Bonchev–Trinajstić information content (AvgIpc) is 2.64. The van der Waals surface area contributed by atoms with E-state index in [-0.39, 0.29) is 6.42 Å². The maximum atomic E-state index is 12.5. The summed E-state index contributed by atoms with van der Waals surface area (Å²) in [6.07, 6.45) is -5.74. The van der Waals surface area contributed by atoms with E-state index in [1.807, 2.05) is 19.1 Å². The van der Waals surface area contributed by atoms with Crippen LogP contribution in [0, 0.1) is 6.92 Å². The van der Waals surface area contributed by atoms with Crippen molar-refractivity contribution in [3.8, 4) is 0 Å². The number of aryl methyl sites for hydroxylation is 1. The zero-order valence-electron chi connectivity index (χ0n) is 14.6. The first-order valence-electron chi connectivity index (χ1n) is 8.16. The second kappa shape index (κ2) is 8.66. The molecule has 1 fully saturated rings. The number of aliphatic hydroxyl groups is 4. The quantitative estimate of drug-likeness (QED) is 0.394. The molecule has 0 bridgehead atoms. The zero-order chi connectivity index (χ0) is 19.5. The molecule has 0 aliphatic carbocycles. The summed E-state index contributed by atoms with van der Waals surface area (Å²) in [6.45, 7) is 1.20. The molecule has 0 spiro atoms. The molecule has 6 N–H and O–H groups in total. The number of benzene rings is 1. The minimum absolute atomic E-state index is 0.155. The molecule has 26 heavy (non-hydrogen) atoms. The molecule has 1 aromatic rings. The van der Waals surface area contributed by atoms with Gasteiger partial charge in [-0.05, 0) is 19.1 Å². The molecule has 146 valence electrons. The number of hydrogen-bond donors (Lipinski definition) is 5. The van der Waals surface area contributed by atoms with E-state index < -0.39 is 48.0 Å². The molecule has 1 heterocycles. The summed E-state index contributed by atoms with van der Waals surface area (Å²) < 4.78 is 10.7. The zero-order valence-corrected chi connectivity index (χ0v) is 15.4. The molecule has 1 aliphatic heterocycles. The average molecular weight is 387 g/mol. The summed E-state index contributed by atoms with van der Waals surface area (Å²) in [4.78, 5) is 11.5. The van der Waals surface area contributed by atoms with Crippen molar-refractivity contribution in [2.75, 3.05) is 13.7 Å². The number of carbonyl (C=O) groups is 1. The third-order valence-electron chi connectivity index (χ3n) is 4.35. The molecule has 8 nitrogen and oxygen atoms in total. The predicted molar refractivity (Wildman–Crippen MR) is 94.4 cm³/mol. The van der Waals surface area contributed by atoms with E-state index in [2.05, 4.69) is 0 Å². The Kier molecular flexibility index (Phi) is 7.03. The molecule has 1 aromatic carbocycles. The number of aliphatic hydroxyl groups excluding tert-OH is 4. The number of ether oxygens (including phenoxy) is 2. The highest BCUT2D eigenvalue weighted by atomic mass is 32.2. The molecule has 0 amide bonds. The molecule has 0 aromatic heterocycles. The van der Waals surface area contributed by atoms with Gasteiger partial charge in [0.05, 0.1) is 25.9 Å². The van der Waals surface area contributed by atoms with Gasteiger partial charge in [0.25, 0.3) is 0 Å². The van der Waals surface area contributed by atoms with Crippen molar-refractivity contribution in [3.05, 3.63) is 29.8 Å². The van der Waals surface area contributed by atoms with Crippen molar-refractivity contribution < 1.29 is 34.7 Å². The van der Waals surface area contributed by atoms with Gasteiger partial charge in [-0.3, -0.25) is 0 Å². The van der Waals surface area contributed by atoms with Crippen molar-refractivity contribution in [2.45, 2.75) is 53.6 Å². The minimum Gasteiger partial charge on any atom is -0.466 e. The fraction of sp³-hybridized carbons (Fsp3) is 0.588. The van der Waals surface area contributed by atoms with Crippen molar-refractivity contribution in [3.63, 3.8) is 0 Å². The van der Waals surface area contributed by atoms with Gasteiger partial charge in [0.1, 0.15) is 18.3 Å². The van der Waals surface area contributed by atoms with Crippen molar-refractivity contribution in [1.29, 1.82) is 0 Å². The van der Waals surface area contributed by atoms with Gasteiger partial charge in [-0.15, -0.1) is 0 Å². The lowest BCUT2D eigenvalue weighted by Gasteiger charge is -2.45. The Morgan fingerprint density at radius 2 is 2.04 bits per heavy atom. The molecule has 0 saturated carbocycles. The molecule has 2 rings (SSSR count). The lowest BCUT2D eigenvalue weighted by molar-refractivity contribution is -0.203. The Morgan fingerprint density at radius 1 is 1.42 bits per heavy atom. The summed E-state index contributed by atoms with van der Waals surface area (Å²) >= 11 is 1.03. The smallest absolute Gasteiger partial charge is 0.349 e. The van der Waals surface area contributed by atoms with Gasteiger partial charge in [0.2, 0.25) is 4.93 Å². The van der Waals surface area contributed by atoms with Crippen LogP contribution in [0.2, 0.25) is 0 Å². The van der Waals surface area contributed by atoms with E-state index in [4.69, 9.17) is 20.3 Å². The van der Waals surface area contributed by atoms with Gasteiger partial charge >= 0.3 is 5.97 Å². The van der Waals surface area contributed by atoms with Gasteiger partial charge in [0, 0.05) is 11.3 Å². The van der Waals surface area contributed by atoms with E-state index in [1.165, 1.54) is 7.11 Å². The Morgan fingerprint density at radius 3 is 2.58 bits per heavy atom. The lowest BCUT2D eigenvalue weighted by atomic mass is 9.90. The first kappa shape index (κ1) is 21.1. The highest BCUT2D eigenvalue weighted by Crippen LogP contribution is 2.44. The summed E-state index contributed by atoms with van der Waals surface area (Å²) in [5.41, 5.74) is 6.94. The van der Waals surface area contributed by atoms with E-state index in [9.17, 15) is 20.1 Å². The van der Waals surface area contributed by atoms with Crippen LogP contribution in [0.1, 0.15) is 12.0 Å². The van der Waals surface area contributed by atoms with Crippen molar-refractivity contribution in [1.82, 2.24) is 0 Å². The normalized spacial score (nSPS) is 31.3. The predicted octanol–water partition coefficient (Wildman–Crippen LogP) is -0.852. The van der Waals surface area contributed by atoms with Crippen LogP contribution in [0.25, 0.3) is 0 Å². The van der Waals surface area contributed by atoms with Crippen LogP contribution in [-0.4, -0.2) is 75.5 Å². The first-order valence-corrected chi connectivity index (χ1v) is 8.98. The largest absolute Gasteiger partial charge is 0.466 e. The maximum absolute atomic E-state index is 12.5. The minimum atomic E-state index is -1.65. The van der Waals surface area contributed by atoms with Crippen LogP contribution in [0.5, 0.6) is 0 Å². The van der Waals surface area contributed by atoms with Gasteiger partial charge < -0.3 is 35.6 Å². The standard InChI is InChI=1S/C17H25NO7S/c1-9-3-5-10(6-4-9)26-17(16(23)24-2)7-11(20)13(18)15(25-17)14(22)12(21)8-19/h3-6,11-15,19-22H,7-8,18H2,1-2H3/t11?,12-,13?,14-,15-,17?/m1/s1. The maximum Gasteiger partial charge on any atom is 0.349 e. The topological polar surface area (TPSA) is 142 Å². The van der Waals surface area contributed by atoms with Gasteiger partial charge in [-0.25, -0.2) is 4.79 Å². The summed E-state index contributed by atoms with van der Waals surface area (Å²) in [6, 6.07) is 6.26. The van der Waals surface area contributed by atoms with E-state index in [1.54, 1.807) is 12.1 Å². The van der Waals surface area contributed by atoms with E-state index >= 15 is 0 Å². The molecule has 3 unspecified atom stereocenters. The van der Waals surface area contributed by atoms with E-state index in [0.29, 0.717) is 4.90 Å². The molecular weight excluding hydrogens is 362 g/mol. The van der Waals surface area contributed by atoms with Crippen LogP contribution >= 0.6 is 11.8 Å². The monoisotopic (exact) mass is 387 g/mol. The Hall–Kier alpha value is -1.20. The number of nitrogens with two attached hydrogens (primary N) is 1. The van der Waals surface area contributed by atoms with Crippen molar-refractivity contribution >= 4 is 17.7 Å². The number of carbonyl (C=O) groups excluding carboxylic acids is 1. The number of rotatable bonds is 6. The second-order valence-corrected chi connectivity index (χ2v) is 7.67. The number of methoxy groups -OCH3 is 1. The molecule has 1 saturated heterocycles. The lowest BCUT2D eigenvalue weighted by Crippen LogP contribution is -2.64. The highest BCUT2D eigenvalue weighted by Gasteiger charge is 2.54. The van der Waals surface area contributed by atoms with Crippen LogP contribution < -0.4 is 5.73 Å². The Balaban J connectivity index is 2.36. The summed E-state index contributed by atoms with van der Waals surface area (Å²) in [7, 11) is 1.19. The number of thioether (sulfide) groups is 1. The fourth-order valence-corrected chi connectivity index (χ4v) is 4.03. The second-order valence-electron chi connectivity index (χ2n) is 6.33. The van der Waals surface area contributed by atoms with Gasteiger partial charge in [-0.2, -0.15) is 0 Å². The SMILES string of the molecule is COC(=O)C1(Sc2ccc(C)cc2)CC(O)C(N)[C@H]([C@H](O)[C@H](O)CO)O1. The Bertz CT molecular complexity index is 614. The molecule has 1 aliphatic rings. The first-order chi connectivity index (χ1) is 12.2. The highest BCUT2D eigenvalue weighted by molar-refractivity contribution is 8.01. The number of esters is 1. The summed E-state index contributed by atoms with van der Waals surface area (Å²) in [5.74, 6) is -0.746. The van der Waals surface area contributed by atoms with Crippen molar-refractivity contribution in [2.24, 2.45) is 5.73 Å². The van der Waals surface area contributed by atoms with E-state index in [0.717, 1.165) is 17.3 Å². The molecular formula is C17H25NO7S. The van der Waals surface area contributed by atoms with Gasteiger partial charge in [-0.1, -0.05) is 29.5 Å². The number of hydrogen-bond acceptors (Lipinski definition) is 9. The van der Waals surface area contributed by atoms with Crippen LogP contribution in [-0.2, 0) is 14.3 Å². The molecule has 0 radical (unpaired) electrons. The molecule has 9 heteroatoms. The van der Waals surface area contributed by atoms with Crippen LogP contribution in [0.15, 0.2) is 29.2 Å². The van der Waals surface area contributed by atoms with Gasteiger partial charge in [0.15, 0.2) is 0 Å². The van der Waals surface area contributed by atoms with Crippen LogP contribution in [0.3, 0.4) is 0 Å².